The van der Waals surface area contributed by atoms with Gasteiger partial charge in [-0.05, 0) is 119 Å². The lowest BCUT2D eigenvalue weighted by atomic mass is 9.52. The zero-order chi connectivity index (χ0) is 35.0. The Hall–Kier alpha value is -2.28. The van der Waals surface area contributed by atoms with Crippen molar-refractivity contribution in [1.29, 1.82) is 0 Å². The first-order valence-electron chi connectivity index (χ1n) is 17.2. The van der Waals surface area contributed by atoms with Gasteiger partial charge in [-0.25, -0.2) is 4.79 Å². The van der Waals surface area contributed by atoms with Gasteiger partial charge in [0.05, 0.1) is 7.11 Å². The first-order valence-corrected chi connectivity index (χ1v) is 18.7. The molecule has 3 fully saturated rings. The minimum Gasteiger partial charge on any atom is -0.493 e. The molecule has 1 aromatic carbocycles. The van der Waals surface area contributed by atoms with Crippen LogP contribution in [0, 0.1) is 23.2 Å². The van der Waals surface area contributed by atoms with Crippen LogP contribution in [-0.4, -0.2) is 89.8 Å². The Kier molecular flexibility index (Phi) is 11.2. The Morgan fingerprint density at radius 3 is 2.38 bits per heavy atom. The normalized spacial score (nSPS) is 28.5. The van der Waals surface area contributed by atoms with Crippen molar-refractivity contribution in [2.75, 3.05) is 45.8 Å². The van der Waals surface area contributed by atoms with Crippen molar-refractivity contribution in [1.82, 2.24) is 9.80 Å². The van der Waals surface area contributed by atoms with Gasteiger partial charge >= 0.3 is 18.2 Å². The molecule has 1 unspecified atom stereocenters. The topological polar surface area (TPSA) is 76.2 Å². The van der Waals surface area contributed by atoms with Crippen LogP contribution in [0.3, 0.4) is 0 Å². The Bertz CT molecular complexity index is 1370. The number of hydrogen-bond donors (Lipinski definition) is 0. The minimum atomic E-state index is -5.61. The number of likely N-dealkylation sites (tertiary alicyclic amines) is 1. The number of carbonyl (C=O) groups excluding carboxylic acids is 2. The molecule has 4 aliphatic rings. The maximum absolute atomic E-state index is 13.3. The summed E-state index contributed by atoms with van der Waals surface area (Å²) in [5, 5.41) is 0. The van der Waals surface area contributed by atoms with Crippen LogP contribution in [0.15, 0.2) is 12.1 Å². The largest absolute Gasteiger partial charge is 0.493 e. The number of halogens is 5. The predicted molar refractivity (Wildman–Crippen MR) is 173 cm³/mol. The molecule has 0 N–H and O–H groups in total. The van der Waals surface area contributed by atoms with Gasteiger partial charge in [0.2, 0.25) is 0 Å². The Morgan fingerprint density at radius 2 is 1.73 bits per heavy atom. The van der Waals surface area contributed by atoms with Gasteiger partial charge in [0.15, 0.2) is 11.5 Å². The first-order chi connectivity index (χ1) is 22.6. The molecule has 270 valence electrons. The van der Waals surface area contributed by atoms with Crippen LogP contribution in [-0.2, 0) is 22.0 Å². The smallest absolute Gasteiger partial charge is 0.453 e. The van der Waals surface area contributed by atoms with Gasteiger partial charge in [-0.15, -0.1) is 0 Å². The van der Waals surface area contributed by atoms with Gasteiger partial charge in [0.25, 0.3) is 0 Å². The Labute approximate surface area is 282 Å². The van der Waals surface area contributed by atoms with E-state index in [1.54, 1.807) is 12.0 Å². The number of methoxy groups -OCH3 is 1. The molecule has 1 saturated heterocycles. The molecular weight excluding hydrogens is 655 g/mol. The molecule has 5 rings (SSSR count). The summed E-state index contributed by atoms with van der Waals surface area (Å²) in [6, 6.07) is 4.32. The molecule has 13 heteroatoms. The molecule has 1 amide bonds. The third kappa shape index (κ3) is 7.56. The van der Waals surface area contributed by atoms with E-state index in [0.29, 0.717) is 62.1 Å². The van der Waals surface area contributed by atoms with Crippen molar-refractivity contribution in [3.8, 4) is 11.5 Å². The molecule has 0 bridgehead atoms. The van der Waals surface area contributed by atoms with E-state index in [2.05, 4.69) is 11.8 Å². The average Bonchev–Trinajstić information content (AvgIpc) is 3.33. The fourth-order valence-electron chi connectivity index (χ4n) is 9.01. The number of ketones is 1. The van der Waals surface area contributed by atoms with Crippen LogP contribution < -0.4 is 9.47 Å². The van der Waals surface area contributed by atoms with Gasteiger partial charge in [0.1, 0.15) is 5.78 Å². The van der Waals surface area contributed by atoms with Gasteiger partial charge in [-0.1, -0.05) is 6.92 Å². The maximum atomic E-state index is 13.3. The van der Waals surface area contributed by atoms with Crippen molar-refractivity contribution in [3.63, 3.8) is 0 Å². The number of Topliss-reactive ketones (excluding diaryl/α,β-unsaturated/α-hetero) is 1. The molecule has 48 heavy (non-hydrogen) atoms. The SMILES string of the molecule is COc1cc2c(cc1OC(=O)N1CCC(N(C)C)CC1)C[C@@H](CCCS(=O)CCCC(F)(F)C(F)(F)F)[C@@H]1[C@@H]2CC[C@]2(C)C(=O)CC[C@@H]12. The lowest BCUT2D eigenvalue weighted by Crippen LogP contribution is -2.46. The molecule has 3 aliphatic carbocycles. The number of benzene rings is 1. The summed E-state index contributed by atoms with van der Waals surface area (Å²) in [7, 11) is 4.12. The second-order valence-electron chi connectivity index (χ2n) is 14.7. The predicted octanol–water partition coefficient (Wildman–Crippen LogP) is 7.38. The number of alkyl halides is 5. The second kappa shape index (κ2) is 14.5. The van der Waals surface area contributed by atoms with Crippen LogP contribution in [0.2, 0.25) is 0 Å². The van der Waals surface area contributed by atoms with Crippen LogP contribution in [0.1, 0.15) is 88.2 Å². The van der Waals surface area contributed by atoms with Crippen LogP contribution in [0.4, 0.5) is 26.7 Å². The molecule has 0 spiro atoms. The van der Waals surface area contributed by atoms with E-state index in [-0.39, 0.29) is 40.6 Å². The van der Waals surface area contributed by atoms with Gasteiger partial charge in [-0.2, -0.15) is 22.0 Å². The van der Waals surface area contributed by atoms with E-state index in [4.69, 9.17) is 9.47 Å². The first kappa shape index (κ1) is 37.0. The number of carbonyl (C=O) groups is 2. The monoisotopic (exact) mass is 704 g/mol. The molecule has 1 heterocycles. The maximum Gasteiger partial charge on any atom is 0.453 e. The quantitative estimate of drug-likeness (QED) is 0.224. The number of piperidine rings is 1. The highest BCUT2D eigenvalue weighted by molar-refractivity contribution is 7.84. The minimum absolute atomic E-state index is 0.145. The lowest BCUT2D eigenvalue weighted by Gasteiger charge is -2.52. The van der Waals surface area contributed by atoms with Crippen molar-refractivity contribution in [2.24, 2.45) is 23.2 Å². The Balaban J connectivity index is 1.30. The van der Waals surface area contributed by atoms with Crippen LogP contribution in [0.25, 0.3) is 0 Å². The van der Waals surface area contributed by atoms with Crippen molar-refractivity contribution in [2.45, 2.75) is 102 Å². The van der Waals surface area contributed by atoms with Gasteiger partial charge in [0, 0.05) is 59.7 Å². The molecule has 1 aliphatic heterocycles. The molecule has 2 saturated carbocycles. The van der Waals surface area contributed by atoms with Gasteiger partial charge < -0.3 is 19.3 Å². The number of hydrogen-bond acceptors (Lipinski definition) is 6. The molecule has 6 atom stereocenters. The number of fused-ring (bicyclic) bond motifs is 5. The summed E-state index contributed by atoms with van der Waals surface area (Å²) in [6.07, 6.45) is -1.25. The average molecular weight is 705 g/mol. The highest BCUT2D eigenvalue weighted by Crippen LogP contribution is 2.62. The summed E-state index contributed by atoms with van der Waals surface area (Å²) in [4.78, 5) is 30.2. The van der Waals surface area contributed by atoms with Crippen molar-refractivity contribution in [3.05, 3.63) is 23.3 Å². The van der Waals surface area contributed by atoms with Gasteiger partial charge in [-0.3, -0.25) is 9.00 Å². The highest BCUT2D eigenvalue weighted by Gasteiger charge is 2.57. The fraction of sp³-hybridized carbons (Fsp3) is 0.771. The standard InChI is InChI=1S/C35H49F5N2O5S/c1-33-14-10-25-26-21-28(46-4)29(47-32(44)42-15-11-24(12-16-42)41(2)3)20-23(26)19-22(31(25)27(33)8-9-30(33)43)7-5-17-48(45)18-6-13-34(36,37)35(38,39)40/h20-22,24-25,27,31H,5-19H2,1-4H3/t22-,25-,27+,31-,33+,48?/m1/s1. The molecule has 0 radical (unpaired) electrons. The van der Waals surface area contributed by atoms with E-state index >= 15 is 0 Å². The number of amides is 1. The fourth-order valence-corrected chi connectivity index (χ4v) is 10.2. The van der Waals surface area contributed by atoms with Crippen molar-refractivity contribution >= 4 is 22.7 Å². The van der Waals surface area contributed by atoms with E-state index in [1.165, 1.54) is 0 Å². The summed E-state index contributed by atoms with van der Waals surface area (Å²) in [5.41, 5.74) is 1.82. The third-order valence-corrected chi connectivity index (χ3v) is 13.3. The Morgan fingerprint density at radius 1 is 1.04 bits per heavy atom. The third-order valence-electron chi connectivity index (χ3n) is 11.8. The second-order valence-corrected chi connectivity index (χ2v) is 16.4. The molecule has 7 nitrogen and oxygen atoms in total. The number of ether oxygens (including phenoxy) is 2. The summed E-state index contributed by atoms with van der Waals surface area (Å²) in [6.45, 7) is 3.30. The van der Waals surface area contributed by atoms with E-state index in [9.17, 15) is 35.8 Å². The number of rotatable bonds is 11. The highest BCUT2D eigenvalue weighted by atomic mass is 32.2. The zero-order valence-corrected chi connectivity index (χ0v) is 29.2. The number of nitrogens with zero attached hydrogens (tertiary/aromatic N) is 2. The molecule has 0 aromatic heterocycles. The van der Waals surface area contributed by atoms with Crippen LogP contribution >= 0.6 is 0 Å². The zero-order valence-electron chi connectivity index (χ0n) is 28.4. The van der Waals surface area contributed by atoms with Crippen molar-refractivity contribution < 1.29 is 45.2 Å². The van der Waals surface area contributed by atoms with E-state index in [0.717, 1.165) is 43.2 Å². The van der Waals surface area contributed by atoms with E-state index < -0.39 is 41.8 Å². The van der Waals surface area contributed by atoms with E-state index in [1.807, 2.05) is 26.2 Å². The lowest BCUT2D eigenvalue weighted by molar-refractivity contribution is -0.284. The van der Waals surface area contributed by atoms with Crippen LogP contribution in [0.5, 0.6) is 11.5 Å². The summed E-state index contributed by atoms with van der Waals surface area (Å²) >= 11 is 0. The summed E-state index contributed by atoms with van der Waals surface area (Å²) < 4.78 is 88.5. The summed E-state index contributed by atoms with van der Waals surface area (Å²) in [5.74, 6) is -2.89. The molecule has 1 aromatic rings. The molecular formula is C35H49F5N2O5S.